The number of aryl methyl sites for hydroxylation is 2. The molecule has 2 amide bonds. The summed E-state index contributed by atoms with van der Waals surface area (Å²) in [6.07, 6.45) is 5.95. The van der Waals surface area contributed by atoms with Crippen LogP contribution >= 0.6 is 0 Å². The van der Waals surface area contributed by atoms with E-state index < -0.39 is 0 Å². The average molecular weight is 431 g/mol. The van der Waals surface area contributed by atoms with Crippen LogP contribution in [0.3, 0.4) is 0 Å². The van der Waals surface area contributed by atoms with Crippen molar-refractivity contribution >= 4 is 11.8 Å². The van der Waals surface area contributed by atoms with Crippen LogP contribution < -0.4 is 5.56 Å². The summed E-state index contributed by atoms with van der Waals surface area (Å²) in [5, 5.41) is 0. The lowest BCUT2D eigenvalue weighted by Gasteiger charge is -2.30. The summed E-state index contributed by atoms with van der Waals surface area (Å²) in [6, 6.07) is 11.5. The molecule has 32 heavy (non-hydrogen) atoms. The van der Waals surface area contributed by atoms with Crippen LogP contribution in [0.4, 0.5) is 0 Å². The Bertz CT molecular complexity index is 1190. The van der Waals surface area contributed by atoms with E-state index in [2.05, 4.69) is 9.97 Å². The molecule has 0 saturated heterocycles. The maximum Gasteiger partial charge on any atom is 0.291 e. The molecule has 0 radical (unpaired) electrons. The normalized spacial score (nSPS) is 12.9. The second-order valence-corrected chi connectivity index (χ2v) is 7.99. The summed E-state index contributed by atoms with van der Waals surface area (Å²) in [4.78, 5) is 50.2. The summed E-state index contributed by atoms with van der Waals surface area (Å²) in [6.45, 7) is 1.14. The van der Waals surface area contributed by atoms with Crippen molar-refractivity contribution in [1.29, 1.82) is 0 Å². The summed E-state index contributed by atoms with van der Waals surface area (Å²) in [5.74, 6) is -0.441. The van der Waals surface area contributed by atoms with E-state index in [9.17, 15) is 14.4 Å². The number of carbonyl (C=O) groups excluding carboxylic acids is 2. The zero-order valence-electron chi connectivity index (χ0n) is 18.2. The third kappa shape index (κ3) is 4.30. The van der Waals surface area contributed by atoms with Gasteiger partial charge in [0.25, 0.3) is 17.4 Å². The lowest BCUT2D eigenvalue weighted by molar-refractivity contribution is 0.0721. The van der Waals surface area contributed by atoms with Crippen LogP contribution in [0, 0.1) is 0 Å². The van der Waals surface area contributed by atoms with Gasteiger partial charge in [0.2, 0.25) is 5.82 Å². The van der Waals surface area contributed by atoms with Gasteiger partial charge in [-0.1, -0.05) is 30.3 Å². The fraction of sp³-hybridized carbons (Fsp3) is 0.292. The molecule has 164 valence electrons. The molecular weight excluding hydrogens is 406 g/mol. The molecule has 8 heteroatoms. The van der Waals surface area contributed by atoms with Crippen molar-refractivity contribution in [2.24, 2.45) is 0 Å². The van der Waals surface area contributed by atoms with Gasteiger partial charge in [-0.3, -0.25) is 14.4 Å². The van der Waals surface area contributed by atoms with Gasteiger partial charge in [-0.05, 0) is 35.6 Å². The minimum atomic E-state index is -0.313. The van der Waals surface area contributed by atoms with Gasteiger partial charge < -0.3 is 14.4 Å². The highest BCUT2D eigenvalue weighted by Gasteiger charge is 2.29. The maximum atomic E-state index is 13.3. The molecule has 0 aliphatic carbocycles. The Morgan fingerprint density at radius 3 is 2.47 bits per heavy atom. The van der Waals surface area contributed by atoms with Crippen LogP contribution in [0.1, 0.15) is 37.7 Å². The maximum absolute atomic E-state index is 13.3. The van der Waals surface area contributed by atoms with Gasteiger partial charge in [0.15, 0.2) is 0 Å². The lowest BCUT2D eigenvalue weighted by atomic mass is 9.95. The Labute approximate surface area is 186 Å². The summed E-state index contributed by atoms with van der Waals surface area (Å²) < 4.78 is 1.59. The Morgan fingerprint density at radius 2 is 1.78 bits per heavy atom. The van der Waals surface area contributed by atoms with Crippen molar-refractivity contribution < 1.29 is 9.59 Å². The van der Waals surface area contributed by atoms with Crippen LogP contribution in [0.25, 0.3) is 0 Å². The fourth-order valence-electron chi connectivity index (χ4n) is 3.94. The molecule has 0 fully saturated rings. The number of hydrogen-bond donors (Lipinski definition) is 0. The van der Waals surface area contributed by atoms with E-state index in [0.29, 0.717) is 32.5 Å². The van der Waals surface area contributed by atoms with E-state index in [-0.39, 0.29) is 28.8 Å². The molecule has 0 spiro atoms. The minimum Gasteiger partial charge on any atom is -0.345 e. The number of pyridine rings is 1. The number of hydrogen-bond acceptors (Lipinski definition) is 5. The summed E-state index contributed by atoms with van der Waals surface area (Å²) in [5.41, 5.74) is 2.55. The molecule has 0 N–H and O–H groups in total. The number of benzene rings is 1. The van der Waals surface area contributed by atoms with Crippen LogP contribution in [-0.2, 0) is 25.9 Å². The third-order valence-electron chi connectivity index (χ3n) is 5.62. The first-order chi connectivity index (χ1) is 15.5. The first-order valence-electron chi connectivity index (χ1n) is 10.5. The SMILES string of the molecule is CN(C)C(=O)c1c2c(cn(CCc3ccccc3)c1=O)CN(C(=O)c1ncccn1)CC2. The Balaban J connectivity index is 1.69. The average Bonchev–Trinajstić information content (AvgIpc) is 2.82. The number of fused-ring (bicyclic) bond motifs is 1. The van der Waals surface area contributed by atoms with E-state index in [1.807, 2.05) is 30.3 Å². The smallest absolute Gasteiger partial charge is 0.291 e. The Morgan fingerprint density at radius 1 is 1.06 bits per heavy atom. The first-order valence-corrected chi connectivity index (χ1v) is 10.5. The predicted octanol–water partition coefficient (Wildman–Crippen LogP) is 1.78. The zero-order valence-corrected chi connectivity index (χ0v) is 18.2. The predicted molar refractivity (Wildman–Crippen MR) is 119 cm³/mol. The Kier molecular flexibility index (Phi) is 6.11. The molecule has 1 aromatic carbocycles. The second-order valence-electron chi connectivity index (χ2n) is 7.99. The van der Waals surface area contributed by atoms with Crippen LogP contribution in [0.15, 0.2) is 59.8 Å². The largest absolute Gasteiger partial charge is 0.345 e. The quantitative estimate of drug-likeness (QED) is 0.615. The van der Waals surface area contributed by atoms with Gasteiger partial charge in [-0.25, -0.2) is 9.97 Å². The lowest BCUT2D eigenvalue weighted by Crippen LogP contribution is -2.41. The Hall–Kier alpha value is -3.81. The highest BCUT2D eigenvalue weighted by Crippen LogP contribution is 2.22. The van der Waals surface area contributed by atoms with Crippen molar-refractivity contribution in [3.63, 3.8) is 0 Å². The van der Waals surface area contributed by atoms with E-state index in [4.69, 9.17) is 0 Å². The number of aromatic nitrogens is 3. The number of amides is 2. The van der Waals surface area contributed by atoms with Crippen molar-refractivity contribution in [2.45, 2.75) is 25.9 Å². The van der Waals surface area contributed by atoms with Gasteiger partial charge in [-0.2, -0.15) is 0 Å². The monoisotopic (exact) mass is 431 g/mol. The third-order valence-corrected chi connectivity index (χ3v) is 5.62. The van der Waals surface area contributed by atoms with E-state index in [1.54, 1.807) is 35.8 Å². The summed E-state index contributed by atoms with van der Waals surface area (Å²) in [7, 11) is 3.28. The topological polar surface area (TPSA) is 88.4 Å². The van der Waals surface area contributed by atoms with Gasteiger partial charge in [0, 0.05) is 52.3 Å². The van der Waals surface area contributed by atoms with E-state index >= 15 is 0 Å². The van der Waals surface area contributed by atoms with Crippen LogP contribution in [0.5, 0.6) is 0 Å². The highest BCUT2D eigenvalue weighted by molar-refractivity contribution is 5.96. The molecule has 2 aromatic heterocycles. The second kappa shape index (κ2) is 9.13. The van der Waals surface area contributed by atoms with Crippen molar-refractivity contribution in [3.05, 3.63) is 93.4 Å². The van der Waals surface area contributed by atoms with Crippen molar-refractivity contribution in [1.82, 2.24) is 24.3 Å². The molecule has 0 bridgehead atoms. The number of carbonyl (C=O) groups is 2. The fourth-order valence-corrected chi connectivity index (χ4v) is 3.94. The van der Waals surface area contributed by atoms with E-state index in [1.165, 1.54) is 17.3 Å². The van der Waals surface area contributed by atoms with Gasteiger partial charge in [0.05, 0.1) is 0 Å². The molecule has 8 nitrogen and oxygen atoms in total. The summed E-state index contributed by atoms with van der Waals surface area (Å²) >= 11 is 0. The van der Waals surface area contributed by atoms with Crippen LogP contribution in [0.2, 0.25) is 0 Å². The molecule has 1 aliphatic heterocycles. The molecule has 0 saturated carbocycles. The molecule has 0 unspecified atom stereocenters. The molecule has 3 heterocycles. The van der Waals surface area contributed by atoms with Gasteiger partial charge >= 0.3 is 0 Å². The molecular formula is C24H25N5O3. The standard InChI is InChI=1S/C24H25N5O3/c1-27(2)22(30)20-19-10-14-29(24(32)21-25-11-6-12-26-21)16-18(19)15-28(23(20)31)13-9-17-7-4-3-5-8-17/h3-8,11-12,15H,9-10,13-14,16H2,1-2H3. The number of rotatable bonds is 5. The van der Waals surface area contributed by atoms with Gasteiger partial charge in [0.1, 0.15) is 5.56 Å². The van der Waals surface area contributed by atoms with Gasteiger partial charge in [-0.15, -0.1) is 0 Å². The zero-order chi connectivity index (χ0) is 22.7. The van der Waals surface area contributed by atoms with Crippen molar-refractivity contribution in [2.75, 3.05) is 20.6 Å². The van der Waals surface area contributed by atoms with E-state index in [0.717, 1.165) is 16.7 Å². The first kappa shape index (κ1) is 21.4. The minimum absolute atomic E-state index is 0.137. The molecule has 4 rings (SSSR count). The number of nitrogens with zero attached hydrogens (tertiary/aromatic N) is 5. The molecule has 0 atom stereocenters. The van der Waals surface area contributed by atoms with Crippen LogP contribution in [-0.4, -0.2) is 56.8 Å². The highest BCUT2D eigenvalue weighted by atomic mass is 16.2. The van der Waals surface area contributed by atoms with Crippen molar-refractivity contribution in [3.8, 4) is 0 Å². The molecule has 1 aliphatic rings. The molecule has 3 aromatic rings.